The van der Waals surface area contributed by atoms with Gasteiger partial charge >= 0.3 is 0 Å². The fraction of sp³-hybridized carbons (Fsp3) is 0.538. The lowest BCUT2D eigenvalue weighted by Gasteiger charge is -2.29. The molecular formula is C13H21N2O2S+. The van der Waals surface area contributed by atoms with E-state index >= 15 is 0 Å². The fourth-order valence-electron chi connectivity index (χ4n) is 2.34. The third-order valence-electron chi connectivity index (χ3n) is 3.52. The summed E-state index contributed by atoms with van der Waals surface area (Å²) in [5, 5.41) is 0. The highest BCUT2D eigenvalue weighted by molar-refractivity contribution is 7.89. The second-order valence-electron chi connectivity index (χ2n) is 5.13. The maximum atomic E-state index is 12.5. The number of aryl methyl sites for hydroxylation is 2. The molecule has 0 unspecified atom stereocenters. The molecule has 0 spiro atoms. The van der Waals surface area contributed by atoms with Crippen LogP contribution in [0.5, 0.6) is 0 Å². The number of hydrogen-bond donors (Lipinski definition) is 1. The smallest absolute Gasteiger partial charge is 0.243 e. The summed E-state index contributed by atoms with van der Waals surface area (Å²) in [6.45, 7) is 6.82. The first-order valence-electron chi connectivity index (χ1n) is 6.30. The highest BCUT2D eigenvalue weighted by Gasteiger charge is 2.29. The van der Waals surface area contributed by atoms with Crippen molar-refractivity contribution in [3.63, 3.8) is 0 Å². The Morgan fingerprint density at radius 2 is 1.78 bits per heavy atom. The molecule has 0 radical (unpaired) electrons. The van der Waals surface area contributed by atoms with Crippen LogP contribution in [-0.4, -0.2) is 45.9 Å². The van der Waals surface area contributed by atoms with E-state index in [1.165, 1.54) is 4.90 Å². The van der Waals surface area contributed by atoms with Gasteiger partial charge in [0.15, 0.2) is 0 Å². The largest absolute Gasteiger partial charge is 0.335 e. The Morgan fingerprint density at radius 1 is 1.17 bits per heavy atom. The molecule has 0 aromatic heterocycles. The molecule has 2 rings (SSSR count). The second kappa shape index (κ2) is 4.99. The maximum Gasteiger partial charge on any atom is 0.243 e. The molecule has 0 saturated carbocycles. The molecule has 0 atom stereocenters. The summed E-state index contributed by atoms with van der Waals surface area (Å²) in [6.07, 6.45) is 0. The third kappa shape index (κ3) is 2.58. The molecule has 4 nitrogen and oxygen atoms in total. The van der Waals surface area contributed by atoms with Crippen LogP contribution >= 0.6 is 0 Å². The van der Waals surface area contributed by atoms with Crippen LogP contribution in [0.3, 0.4) is 0 Å². The Balaban J connectivity index is 2.30. The molecule has 5 heteroatoms. The van der Waals surface area contributed by atoms with E-state index in [1.807, 2.05) is 26.0 Å². The van der Waals surface area contributed by atoms with E-state index in [0.29, 0.717) is 18.0 Å². The van der Waals surface area contributed by atoms with Gasteiger partial charge in [-0.1, -0.05) is 17.7 Å². The SMILES string of the molecule is Cc1ccc(S(=O)(=O)N2CC[NH+](C)CC2)c(C)c1. The first kappa shape index (κ1) is 13.5. The van der Waals surface area contributed by atoms with E-state index in [1.54, 1.807) is 10.4 Å². The molecule has 1 aromatic rings. The second-order valence-corrected chi connectivity index (χ2v) is 7.04. The molecule has 1 heterocycles. The molecule has 1 aliphatic rings. The van der Waals surface area contributed by atoms with Gasteiger partial charge in [0.05, 0.1) is 38.1 Å². The number of quaternary nitrogens is 1. The van der Waals surface area contributed by atoms with E-state index in [2.05, 4.69) is 7.05 Å². The van der Waals surface area contributed by atoms with E-state index in [0.717, 1.165) is 24.2 Å². The zero-order valence-corrected chi connectivity index (χ0v) is 12.0. The van der Waals surface area contributed by atoms with Crippen molar-refractivity contribution in [1.82, 2.24) is 4.31 Å². The fourth-order valence-corrected chi connectivity index (χ4v) is 3.98. The molecule has 18 heavy (non-hydrogen) atoms. The molecule has 1 saturated heterocycles. The van der Waals surface area contributed by atoms with Crippen LogP contribution in [0, 0.1) is 13.8 Å². The lowest BCUT2D eigenvalue weighted by molar-refractivity contribution is -0.883. The van der Waals surface area contributed by atoms with Gasteiger partial charge in [-0.3, -0.25) is 0 Å². The van der Waals surface area contributed by atoms with Crippen molar-refractivity contribution >= 4 is 10.0 Å². The number of nitrogens with zero attached hydrogens (tertiary/aromatic N) is 1. The normalized spacial score (nSPS) is 19.1. The van der Waals surface area contributed by atoms with Crippen LogP contribution in [0.4, 0.5) is 0 Å². The summed E-state index contributed by atoms with van der Waals surface area (Å²) in [5.41, 5.74) is 1.93. The Bertz CT molecular complexity index is 532. The first-order chi connectivity index (χ1) is 8.41. The molecule has 1 N–H and O–H groups in total. The van der Waals surface area contributed by atoms with Gasteiger partial charge in [-0.05, 0) is 25.5 Å². The first-order valence-corrected chi connectivity index (χ1v) is 7.74. The lowest BCUT2D eigenvalue weighted by atomic mass is 10.2. The topological polar surface area (TPSA) is 41.8 Å². The van der Waals surface area contributed by atoms with Gasteiger partial charge in [-0.15, -0.1) is 0 Å². The van der Waals surface area contributed by atoms with Gasteiger partial charge in [0.1, 0.15) is 0 Å². The minimum Gasteiger partial charge on any atom is -0.335 e. The van der Waals surface area contributed by atoms with Crippen LogP contribution in [0.25, 0.3) is 0 Å². The Kier molecular flexibility index (Phi) is 3.75. The average Bonchev–Trinajstić information content (AvgIpc) is 2.29. The summed E-state index contributed by atoms with van der Waals surface area (Å²) < 4.78 is 26.7. The maximum absolute atomic E-state index is 12.5. The van der Waals surface area contributed by atoms with E-state index in [9.17, 15) is 8.42 Å². The summed E-state index contributed by atoms with van der Waals surface area (Å²) in [6, 6.07) is 5.51. The number of benzene rings is 1. The Hall–Kier alpha value is -0.910. The van der Waals surface area contributed by atoms with Crippen LogP contribution in [0.15, 0.2) is 23.1 Å². The van der Waals surface area contributed by atoms with Crippen LogP contribution < -0.4 is 4.90 Å². The number of sulfonamides is 1. The average molecular weight is 269 g/mol. The van der Waals surface area contributed by atoms with Gasteiger partial charge < -0.3 is 4.90 Å². The molecular weight excluding hydrogens is 248 g/mol. The van der Waals surface area contributed by atoms with Crippen LogP contribution in [0.1, 0.15) is 11.1 Å². The number of nitrogens with one attached hydrogen (secondary N) is 1. The zero-order chi connectivity index (χ0) is 13.3. The highest BCUT2D eigenvalue weighted by Crippen LogP contribution is 2.20. The molecule has 100 valence electrons. The molecule has 0 aliphatic carbocycles. The third-order valence-corrected chi connectivity index (χ3v) is 5.58. The molecule has 0 amide bonds. The molecule has 0 bridgehead atoms. The van der Waals surface area contributed by atoms with E-state index in [4.69, 9.17) is 0 Å². The van der Waals surface area contributed by atoms with E-state index < -0.39 is 10.0 Å². The molecule has 1 fully saturated rings. The number of rotatable bonds is 2. The minimum atomic E-state index is -3.31. The summed E-state index contributed by atoms with van der Waals surface area (Å²) in [5.74, 6) is 0. The number of piperazine rings is 1. The number of hydrogen-bond acceptors (Lipinski definition) is 2. The van der Waals surface area contributed by atoms with Gasteiger partial charge in [0.2, 0.25) is 10.0 Å². The van der Waals surface area contributed by atoms with Crippen LogP contribution in [-0.2, 0) is 10.0 Å². The van der Waals surface area contributed by atoms with Gasteiger partial charge in [0, 0.05) is 0 Å². The van der Waals surface area contributed by atoms with Crippen molar-refractivity contribution in [2.75, 3.05) is 33.2 Å². The predicted molar refractivity (Wildman–Crippen MR) is 71.3 cm³/mol. The predicted octanol–water partition coefficient (Wildman–Crippen LogP) is -0.178. The minimum absolute atomic E-state index is 0.452. The Morgan fingerprint density at radius 3 is 2.33 bits per heavy atom. The monoisotopic (exact) mass is 269 g/mol. The van der Waals surface area contributed by atoms with Crippen molar-refractivity contribution in [3.05, 3.63) is 29.3 Å². The quantitative estimate of drug-likeness (QED) is 0.809. The van der Waals surface area contributed by atoms with Crippen molar-refractivity contribution in [3.8, 4) is 0 Å². The summed E-state index contributed by atoms with van der Waals surface area (Å²) in [7, 11) is -1.21. The number of likely N-dealkylation sites (N-methyl/N-ethyl adjacent to an activating group) is 1. The Labute approximate surface area is 109 Å². The summed E-state index contributed by atoms with van der Waals surface area (Å²) >= 11 is 0. The summed E-state index contributed by atoms with van der Waals surface area (Å²) in [4.78, 5) is 1.84. The van der Waals surface area contributed by atoms with E-state index in [-0.39, 0.29) is 0 Å². The van der Waals surface area contributed by atoms with Crippen molar-refractivity contribution < 1.29 is 13.3 Å². The highest BCUT2D eigenvalue weighted by atomic mass is 32.2. The molecule has 1 aromatic carbocycles. The van der Waals surface area contributed by atoms with Crippen molar-refractivity contribution in [1.29, 1.82) is 0 Å². The van der Waals surface area contributed by atoms with Crippen molar-refractivity contribution in [2.45, 2.75) is 18.7 Å². The van der Waals surface area contributed by atoms with Gasteiger partial charge in [-0.2, -0.15) is 4.31 Å². The lowest BCUT2D eigenvalue weighted by Crippen LogP contribution is -3.12. The van der Waals surface area contributed by atoms with Crippen LogP contribution in [0.2, 0.25) is 0 Å². The van der Waals surface area contributed by atoms with Gasteiger partial charge in [0.25, 0.3) is 0 Å². The van der Waals surface area contributed by atoms with Crippen molar-refractivity contribution in [2.24, 2.45) is 0 Å². The standard InChI is InChI=1S/C13H20N2O2S/c1-11-4-5-13(12(2)10-11)18(16,17)15-8-6-14(3)7-9-15/h4-5,10H,6-9H2,1-3H3/p+1. The molecule has 1 aliphatic heterocycles. The van der Waals surface area contributed by atoms with Gasteiger partial charge in [-0.25, -0.2) is 8.42 Å². The zero-order valence-electron chi connectivity index (χ0n) is 11.2.